The van der Waals surface area contributed by atoms with Crippen LogP contribution < -0.4 is 5.32 Å². The summed E-state index contributed by atoms with van der Waals surface area (Å²) in [4.78, 5) is 20.3. The van der Waals surface area contributed by atoms with Gasteiger partial charge in [0.25, 0.3) is 5.69 Å². The summed E-state index contributed by atoms with van der Waals surface area (Å²) in [5, 5.41) is 22.1. The molecule has 1 N–H and O–H groups in total. The number of non-ortho nitro benzene ring substituents is 1. The molecule has 0 fully saturated rings. The van der Waals surface area contributed by atoms with Crippen molar-refractivity contribution in [3.8, 4) is 6.07 Å². The van der Waals surface area contributed by atoms with Crippen molar-refractivity contribution in [2.45, 2.75) is 4.95 Å². The zero-order valence-corrected chi connectivity index (χ0v) is 10.8. The first kappa shape index (κ1) is 13.9. The number of carbonyl (C=O) groups is 1. The molecule has 0 aliphatic rings. The molecular formula is C10H8BrN3O4. The molecule has 1 unspecified atom stereocenters. The monoisotopic (exact) mass is 313 g/mol. The van der Waals surface area contributed by atoms with Gasteiger partial charge in [-0.3, -0.25) is 10.1 Å². The van der Waals surface area contributed by atoms with Crippen LogP contribution in [0.3, 0.4) is 0 Å². The average molecular weight is 314 g/mol. The summed E-state index contributed by atoms with van der Waals surface area (Å²) in [5.74, 6) is -0.572. The largest absolute Gasteiger partial charge is 0.467 e. The molecule has 1 aromatic rings. The number of ether oxygens (including phenoxy) is 1. The van der Waals surface area contributed by atoms with Gasteiger partial charge in [0.2, 0.25) is 0 Å². The van der Waals surface area contributed by atoms with Crippen LogP contribution in [0, 0.1) is 21.4 Å². The fraction of sp³-hybridized carbons (Fsp3) is 0.200. The summed E-state index contributed by atoms with van der Waals surface area (Å²) in [6.07, 6.45) is 0. The van der Waals surface area contributed by atoms with Gasteiger partial charge in [0.15, 0.2) is 4.95 Å². The lowest BCUT2D eigenvalue weighted by molar-refractivity contribution is -0.384. The van der Waals surface area contributed by atoms with E-state index in [1.807, 2.05) is 6.07 Å². The van der Waals surface area contributed by atoms with Crippen molar-refractivity contribution in [1.82, 2.24) is 0 Å². The van der Waals surface area contributed by atoms with Gasteiger partial charge >= 0.3 is 5.97 Å². The second kappa shape index (κ2) is 5.97. The summed E-state index contributed by atoms with van der Waals surface area (Å²) in [6.45, 7) is 0. The number of rotatable bonds is 4. The number of nitro groups is 1. The number of esters is 1. The minimum atomic E-state index is -0.837. The molecule has 0 bridgehead atoms. The van der Waals surface area contributed by atoms with Gasteiger partial charge in [0.05, 0.1) is 23.3 Å². The Bertz CT molecular complexity index is 526. The first-order valence-corrected chi connectivity index (χ1v) is 5.58. The third-order valence-electron chi connectivity index (χ3n) is 2.02. The number of nitrogens with one attached hydrogen (secondary N) is 1. The second-order valence-electron chi connectivity index (χ2n) is 3.13. The highest BCUT2D eigenvalue weighted by molar-refractivity contribution is 9.10. The topological polar surface area (TPSA) is 105 Å². The summed E-state index contributed by atoms with van der Waals surface area (Å²) in [5.41, 5.74) is 0.175. The molecule has 0 saturated heterocycles. The van der Waals surface area contributed by atoms with Gasteiger partial charge in [-0.2, -0.15) is 5.26 Å². The van der Waals surface area contributed by atoms with Crippen molar-refractivity contribution < 1.29 is 14.5 Å². The lowest BCUT2D eigenvalue weighted by Crippen LogP contribution is -2.24. The molecule has 8 heteroatoms. The van der Waals surface area contributed by atoms with Crippen LogP contribution in [0.1, 0.15) is 5.56 Å². The lowest BCUT2D eigenvalue weighted by Gasteiger charge is -2.12. The number of nitrogens with zero attached hydrogens (tertiary/aromatic N) is 2. The Morgan fingerprint density at radius 2 is 2.33 bits per heavy atom. The molecule has 0 aliphatic carbocycles. The smallest absolute Gasteiger partial charge is 0.339 e. The Labute approximate surface area is 111 Å². The second-order valence-corrected chi connectivity index (χ2v) is 4.04. The van der Waals surface area contributed by atoms with Crippen molar-refractivity contribution in [1.29, 1.82) is 5.26 Å². The molecule has 0 heterocycles. The third kappa shape index (κ3) is 3.18. The van der Waals surface area contributed by atoms with E-state index in [9.17, 15) is 14.9 Å². The van der Waals surface area contributed by atoms with Crippen LogP contribution in [0.15, 0.2) is 18.2 Å². The van der Waals surface area contributed by atoms with Crippen LogP contribution in [0.5, 0.6) is 0 Å². The number of halogens is 1. The van der Waals surface area contributed by atoms with Gasteiger partial charge in [-0.1, -0.05) is 15.9 Å². The summed E-state index contributed by atoms with van der Waals surface area (Å²) >= 11 is 3.02. The van der Waals surface area contributed by atoms with Crippen molar-refractivity contribution in [2.75, 3.05) is 12.4 Å². The van der Waals surface area contributed by atoms with E-state index in [0.29, 0.717) is 5.69 Å². The molecule has 94 valence electrons. The molecule has 1 aromatic carbocycles. The number of anilines is 1. The highest BCUT2D eigenvalue weighted by Gasteiger charge is 2.17. The molecule has 0 spiro atoms. The predicted molar refractivity (Wildman–Crippen MR) is 66.2 cm³/mol. The number of hydrogen-bond acceptors (Lipinski definition) is 6. The summed E-state index contributed by atoms with van der Waals surface area (Å²) in [6, 6.07) is 5.53. The van der Waals surface area contributed by atoms with Crippen molar-refractivity contribution >= 4 is 33.3 Å². The van der Waals surface area contributed by atoms with E-state index in [2.05, 4.69) is 26.0 Å². The molecule has 0 aromatic heterocycles. The number of nitriles is 1. The van der Waals surface area contributed by atoms with Crippen molar-refractivity contribution in [3.05, 3.63) is 33.9 Å². The molecule has 0 radical (unpaired) electrons. The third-order valence-corrected chi connectivity index (χ3v) is 2.63. The van der Waals surface area contributed by atoms with Crippen molar-refractivity contribution in [2.24, 2.45) is 0 Å². The van der Waals surface area contributed by atoms with E-state index in [0.717, 1.165) is 6.07 Å². The molecule has 1 atom stereocenters. The Balaban J connectivity index is 3.00. The van der Waals surface area contributed by atoms with Gasteiger partial charge in [-0.25, -0.2) is 4.79 Å². The molecule has 1 rings (SSSR count). The van der Waals surface area contributed by atoms with Gasteiger partial charge < -0.3 is 10.1 Å². The molecule has 18 heavy (non-hydrogen) atoms. The van der Waals surface area contributed by atoms with Crippen LogP contribution in [-0.2, 0) is 9.53 Å². The quantitative estimate of drug-likeness (QED) is 0.298. The van der Waals surface area contributed by atoms with E-state index in [1.165, 1.54) is 19.2 Å². The normalized spacial score (nSPS) is 11.2. The maximum Gasteiger partial charge on any atom is 0.339 e. The predicted octanol–water partition coefficient (Wildman–Crippen LogP) is 1.77. The van der Waals surface area contributed by atoms with Crippen LogP contribution in [0.4, 0.5) is 11.4 Å². The number of carbonyl (C=O) groups excluding carboxylic acids is 1. The Morgan fingerprint density at radius 3 is 2.83 bits per heavy atom. The molecule has 7 nitrogen and oxygen atoms in total. The van der Waals surface area contributed by atoms with E-state index in [1.54, 1.807) is 0 Å². The number of alkyl halides is 1. The standard InChI is InChI=1S/C10H8BrN3O4/c1-18-10(15)9(11)13-8-3-2-7(14(16)17)4-6(8)5-12/h2-4,9,13H,1H3. The Kier molecular flexibility index (Phi) is 4.62. The SMILES string of the molecule is COC(=O)C(Br)Nc1ccc([N+](=O)[O-])cc1C#N. The van der Waals surface area contributed by atoms with Gasteiger partial charge in [0.1, 0.15) is 6.07 Å². The van der Waals surface area contributed by atoms with Gasteiger partial charge in [0, 0.05) is 12.1 Å². The minimum Gasteiger partial charge on any atom is -0.467 e. The fourth-order valence-corrected chi connectivity index (χ4v) is 1.60. The molecular weight excluding hydrogens is 306 g/mol. The highest BCUT2D eigenvalue weighted by atomic mass is 79.9. The van der Waals surface area contributed by atoms with Crippen LogP contribution >= 0.6 is 15.9 Å². The lowest BCUT2D eigenvalue weighted by atomic mass is 10.1. The van der Waals surface area contributed by atoms with Crippen LogP contribution in [-0.4, -0.2) is 23.0 Å². The van der Waals surface area contributed by atoms with Gasteiger partial charge in [-0.05, 0) is 6.07 Å². The van der Waals surface area contributed by atoms with Gasteiger partial charge in [-0.15, -0.1) is 0 Å². The molecule has 0 amide bonds. The van der Waals surface area contributed by atoms with Crippen molar-refractivity contribution in [3.63, 3.8) is 0 Å². The number of nitro benzene ring substituents is 1. The first-order valence-electron chi connectivity index (χ1n) is 4.66. The fourth-order valence-electron chi connectivity index (χ4n) is 1.16. The highest BCUT2D eigenvalue weighted by Crippen LogP contribution is 2.23. The zero-order chi connectivity index (χ0) is 13.7. The summed E-state index contributed by atoms with van der Waals surface area (Å²) in [7, 11) is 1.22. The zero-order valence-electron chi connectivity index (χ0n) is 9.21. The maximum absolute atomic E-state index is 11.2. The summed E-state index contributed by atoms with van der Waals surface area (Å²) < 4.78 is 4.48. The number of hydrogen-bond donors (Lipinski definition) is 1. The number of benzene rings is 1. The molecule has 0 saturated carbocycles. The number of methoxy groups -OCH3 is 1. The van der Waals surface area contributed by atoms with E-state index in [-0.39, 0.29) is 11.3 Å². The minimum absolute atomic E-state index is 0.0672. The maximum atomic E-state index is 11.2. The van der Waals surface area contributed by atoms with E-state index >= 15 is 0 Å². The first-order chi connectivity index (χ1) is 8.49. The van der Waals surface area contributed by atoms with E-state index < -0.39 is 15.8 Å². The van der Waals surface area contributed by atoms with E-state index in [4.69, 9.17) is 5.26 Å². The van der Waals surface area contributed by atoms with Crippen LogP contribution in [0.2, 0.25) is 0 Å². The van der Waals surface area contributed by atoms with Crippen LogP contribution in [0.25, 0.3) is 0 Å². The Hall–Kier alpha value is -2.14. The Morgan fingerprint density at radius 1 is 1.67 bits per heavy atom. The molecule has 0 aliphatic heterocycles. The average Bonchev–Trinajstić information content (AvgIpc) is 2.37.